The fourth-order valence-corrected chi connectivity index (χ4v) is 4.82. The van der Waals surface area contributed by atoms with Crippen molar-refractivity contribution in [3.63, 3.8) is 0 Å². The molecule has 1 N–H and O–H groups in total. The number of hydrogen-bond donors (Lipinski definition) is 1. The number of carbonyl (C=O) groups excluding carboxylic acids is 1. The third kappa shape index (κ3) is 5.08. The van der Waals surface area contributed by atoms with E-state index in [0.717, 1.165) is 17.5 Å². The molecule has 4 aromatic rings. The number of rotatable bonds is 8. The Labute approximate surface area is 201 Å². The number of aromatic nitrogens is 2. The summed E-state index contributed by atoms with van der Waals surface area (Å²) in [5, 5.41) is 5.23. The normalized spacial score (nSPS) is 12.3. The number of nitrogens with one attached hydrogen (secondary N) is 1. The van der Waals surface area contributed by atoms with Gasteiger partial charge in [0, 0.05) is 17.5 Å². The van der Waals surface area contributed by atoms with E-state index in [9.17, 15) is 14.0 Å². The molecule has 2 aromatic heterocycles. The van der Waals surface area contributed by atoms with Gasteiger partial charge in [0.25, 0.3) is 5.56 Å². The van der Waals surface area contributed by atoms with Crippen LogP contribution < -0.4 is 10.9 Å². The number of halogens is 1. The Morgan fingerprint density at radius 1 is 1.15 bits per heavy atom. The van der Waals surface area contributed by atoms with Crippen LogP contribution in [0.4, 0.5) is 4.39 Å². The number of amides is 1. The minimum Gasteiger partial charge on any atom is -0.353 e. The van der Waals surface area contributed by atoms with Crippen molar-refractivity contribution in [1.82, 2.24) is 19.8 Å². The zero-order valence-corrected chi connectivity index (χ0v) is 20.2. The van der Waals surface area contributed by atoms with Gasteiger partial charge in [-0.3, -0.25) is 14.2 Å². The highest BCUT2D eigenvalue weighted by atomic mass is 32.1. The Morgan fingerprint density at radius 2 is 1.85 bits per heavy atom. The zero-order valence-electron chi connectivity index (χ0n) is 19.4. The SMILES string of the molecule is CCc1ccc([C@H](CNC(=O)Cn2cnc3scc(-c4ccc(F)cc4)c3c2=O)N(C)C)cc1. The lowest BCUT2D eigenvalue weighted by Gasteiger charge is -2.25. The molecule has 2 aromatic carbocycles. The molecule has 34 heavy (non-hydrogen) atoms. The number of carbonyl (C=O) groups is 1. The van der Waals surface area contributed by atoms with Crippen LogP contribution in [0, 0.1) is 5.82 Å². The summed E-state index contributed by atoms with van der Waals surface area (Å²) in [7, 11) is 3.95. The second-order valence-corrected chi connectivity index (χ2v) is 9.25. The number of likely N-dealkylation sites (N-methyl/N-ethyl adjacent to an activating group) is 1. The van der Waals surface area contributed by atoms with Crippen molar-refractivity contribution in [2.45, 2.75) is 25.9 Å². The summed E-state index contributed by atoms with van der Waals surface area (Å²) in [5.41, 5.74) is 3.51. The summed E-state index contributed by atoms with van der Waals surface area (Å²) in [6.45, 7) is 2.40. The smallest absolute Gasteiger partial charge is 0.263 e. The Balaban J connectivity index is 1.51. The second kappa shape index (κ2) is 10.3. The lowest BCUT2D eigenvalue weighted by molar-refractivity contribution is -0.121. The lowest BCUT2D eigenvalue weighted by atomic mass is 10.0. The topological polar surface area (TPSA) is 67.2 Å². The number of aryl methyl sites for hydroxylation is 1. The highest BCUT2D eigenvalue weighted by Gasteiger charge is 2.17. The van der Waals surface area contributed by atoms with Gasteiger partial charge >= 0.3 is 0 Å². The number of benzene rings is 2. The molecule has 1 atom stereocenters. The number of fused-ring (bicyclic) bond motifs is 1. The van der Waals surface area contributed by atoms with E-state index in [1.807, 2.05) is 19.5 Å². The second-order valence-electron chi connectivity index (χ2n) is 8.39. The van der Waals surface area contributed by atoms with Crippen LogP contribution in [0.5, 0.6) is 0 Å². The van der Waals surface area contributed by atoms with Crippen LogP contribution in [0.25, 0.3) is 21.3 Å². The molecule has 0 aliphatic heterocycles. The monoisotopic (exact) mass is 478 g/mol. The minimum absolute atomic E-state index is 0.00846. The third-order valence-corrected chi connectivity index (χ3v) is 6.80. The molecular formula is C26H27FN4O2S. The molecule has 0 aliphatic carbocycles. The zero-order chi connectivity index (χ0) is 24.2. The molecular weight excluding hydrogens is 451 g/mol. The molecule has 8 heteroatoms. The van der Waals surface area contributed by atoms with E-state index in [0.29, 0.717) is 22.3 Å². The molecule has 2 heterocycles. The van der Waals surface area contributed by atoms with E-state index in [4.69, 9.17) is 0 Å². The van der Waals surface area contributed by atoms with Gasteiger partial charge < -0.3 is 10.2 Å². The van der Waals surface area contributed by atoms with E-state index < -0.39 is 0 Å². The molecule has 0 spiro atoms. The highest BCUT2D eigenvalue weighted by molar-refractivity contribution is 7.17. The fraction of sp³-hybridized carbons (Fsp3) is 0.269. The van der Waals surface area contributed by atoms with Gasteiger partial charge in [0.05, 0.1) is 17.8 Å². The Hall–Kier alpha value is -3.36. The van der Waals surface area contributed by atoms with Crippen molar-refractivity contribution in [2.75, 3.05) is 20.6 Å². The molecule has 0 aliphatic rings. The van der Waals surface area contributed by atoms with E-state index >= 15 is 0 Å². The molecule has 0 radical (unpaired) electrons. The summed E-state index contributed by atoms with van der Waals surface area (Å²) in [5.74, 6) is -0.605. The van der Waals surface area contributed by atoms with E-state index in [1.54, 1.807) is 12.1 Å². The van der Waals surface area contributed by atoms with Crippen LogP contribution in [-0.2, 0) is 17.8 Å². The largest absolute Gasteiger partial charge is 0.353 e. The summed E-state index contributed by atoms with van der Waals surface area (Å²) < 4.78 is 14.6. The van der Waals surface area contributed by atoms with Gasteiger partial charge in [-0.05, 0) is 49.3 Å². The standard InChI is InChI=1S/C26H27FN4O2S/c1-4-17-5-7-19(8-6-17)22(30(2)3)13-28-23(32)14-31-16-29-25-24(26(31)33)21(15-34-25)18-9-11-20(27)12-10-18/h5-12,15-16,22H,4,13-14H2,1-3H3,(H,28,32)/t22-/m0/s1. The molecule has 0 bridgehead atoms. The molecule has 176 valence electrons. The van der Waals surface area contributed by atoms with Crippen LogP contribution in [0.3, 0.4) is 0 Å². The van der Waals surface area contributed by atoms with Crippen LogP contribution >= 0.6 is 11.3 Å². The summed E-state index contributed by atoms with van der Waals surface area (Å²) >= 11 is 1.35. The highest BCUT2D eigenvalue weighted by Crippen LogP contribution is 2.30. The predicted octanol–water partition coefficient (Wildman–Crippen LogP) is 4.25. The summed E-state index contributed by atoms with van der Waals surface area (Å²) in [4.78, 5) is 32.9. The van der Waals surface area contributed by atoms with Gasteiger partial charge in [-0.15, -0.1) is 11.3 Å². The molecule has 6 nitrogen and oxygen atoms in total. The van der Waals surface area contributed by atoms with Gasteiger partial charge in [0.2, 0.25) is 5.91 Å². The first kappa shape index (κ1) is 23.8. The first-order valence-electron chi connectivity index (χ1n) is 11.1. The maximum absolute atomic E-state index is 13.3. The predicted molar refractivity (Wildman–Crippen MR) is 135 cm³/mol. The Morgan fingerprint density at radius 3 is 2.50 bits per heavy atom. The average Bonchev–Trinajstić information content (AvgIpc) is 3.26. The summed E-state index contributed by atoms with van der Waals surface area (Å²) in [6.07, 6.45) is 2.38. The number of thiophene rings is 1. The first-order chi connectivity index (χ1) is 16.4. The molecule has 0 unspecified atom stereocenters. The van der Waals surface area contributed by atoms with Crippen LogP contribution in [0.1, 0.15) is 24.1 Å². The van der Waals surface area contributed by atoms with Gasteiger partial charge in [-0.2, -0.15) is 0 Å². The molecule has 0 fully saturated rings. The van der Waals surface area contributed by atoms with Gasteiger partial charge in [0.15, 0.2) is 0 Å². The van der Waals surface area contributed by atoms with Gasteiger partial charge in [0.1, 0.15) is 17.2 Å². The van der Waals surface area contributed by atoms with E-state index in [2.05, 4.69) is 46.4 Å². The van der Waals surface area contributed by atoms with E-state index in [-0.39, 0.29) is 29.9 Å². The van der Waals surface area contributed by atoms with Crippen molar-refractivity contribution >= 4 is 27.5 Å². The van der Waals surface area contributed by atoms with Gasteiger partial charge in [-0.1, -0.05) is 43.3 Å². The number of nitrogens with zero attached hydrogens (tertiary/aromatic N) is 3. The maximum atomic E-state index is 13.3. The van der Waals surface area contributed by atoms with Crippen molar-refractivity contribution in [2.24, 2.45) is 0 Å². The van der Waals surface area contributed by atoms with Crippen molar-refractivity contribution in [3.05, 3.63) is 87.5 Å². The lowest BCUT2D eigenvalue weighted by Crippen LogP contribution is -2.37. The molecule has 0 saturated heterocycles. The fourth-order valence-electron chi connectivity index (χ4n) is 3.92. The number of hydrogen-bond acceptors (Lipinski definition) is 5. The maximum Gasteiger partial charge on any atom is 0.263 e. The van der Waals surface area contributed by atoms with Crippen LogP contribution in [-0.4, -0.2) is 41.0 Å². The van der Waals surface area contributed by atoms with Crippen LogP contribution in [0.2, 0.25) is 0 Å². The molecule has 4 rings (SSSR count). The van der Waals surface area contributed by atoms with Crippen LogP contribution in [0.15, 0.2) is 65.0 Å². The Kier molecular flexibility index (Phi) is 7.19. The first-order valence-corrected chi connectivity index (χ1v) is 12.0. The molecule has 1 amide bonds. The quantitative estimate of drug-likeness (QED) is 0.411. The Bertz CT molecular complexity index is 1340. The molecule has 0 saturated carbocycles. The third-order valence-electron chi connectivity index (χ3n) is 5.92. The van der Waals surface area contributed by atoms with Gasteiger partial charge in [-0.25, -0.2) is 9.37 Å². The average molecular weight is 479 g/mol. The minimum atomic E-state index is -0.340. The summed E-state index contributed by atoms with van der Waals surface area (Å²) in [6, 6.07) is 14.4. The van der Waals surface area contributed by atoms with E-state index in [1.165, 1.54) is 39.9 Å². The van der Waals surface area contributed by atoms with Crippen molar-refractivity contribution < 1.29 is 9.18 Å². The van der Waals surface area contributed by atoms with Crippen molar-refractivity contribution in [1.29, 1.82) is 0 Å². The van der Waals surface area contributed by atoms with Crippen molar-refractivity contribution in [3.8, 4) is 11.1 Å².